The van der Waals surface area contributed by atoms with Crippen LogP contribution in [0, 0.1) is 0 Å². The Morgan fingerprint density at radius 1 is 1.10 bits per heavy atom. The lowest BCUT2D eigenvalue weighted by atomic mass is 9.67. The van der Waals surface area contributed by atoms with Crippen molar-refractivity contribution in [1.29, 1.82) is 0 Å². The van der Waals surface area contributed by atoms with Crippen LogP contribution < -0.4 is 4.90 Å². The summed E-state index contributed by atoms with van der Waals surface area (Å²) in [5, 5.41) is 3.69. The lowest BCUT2D eigenvalue weighted by molar-refractivity contribution is 0.435. The minimum Gasteiger partial charge on any atom is -0.371 e. The largest absolute Gasteiger partial charge is 0.371 e. The lowest BCUT2D eigenvalue weighted by Crippen LogP contribution is -2.42. The van der Waals surface area contributed by atoms with Gasteiger partial charge in [-0.1, -0.05) is 85.7 Å². The first-order valence-electron chi connectivity index (χ1n) is 16.2. The van der Waals surface area contributed by atoms with Crippen LogP contribution in [0.3, 0.4) is 0 Å². The number of hydrogen-bond acceptors (Lipinski definition) is 3. The van der Waals surface area contributed by atoms with Crippen LogP contribution in [0.5, 0.6) is 0 Å². The normalized spacial score (nSPS) is 19.9. The van der Waals surface area contributed by atoms with Crippen LogP contribution in [0.1, 0.15) is 119 Å². The number of unbranched alkanes of at least 4 members (excludes halogenated alkanes) is 1. The van der Waals surface area contributed by atoms with E-state index < -0.39 is 0 Å². The van der Waals surface area contributed by atoms with E-state index >= 15 is 0 Å². The molecular formula is C39H46N2S. The van der Waals surface area contributed by atoms with Crippen LogP contribution in [-0.2, 0) is 17.3 Å². The second-order valence-corrected chi connectivity index (χ2v) is 15.9. The van der Waals surface area contributed by atoms with Gasteiger partial charge in [0, 0.05) is 29.7 Å². The first-order valence-corrected chi connectivity index (χ1v) is 17.0. The fourth-order valence-electron chi connectivity index (χ4n) is 7.85. The van der Waals surface area contributed by atoms with E-state index in [4.69, 9.17) is 11.6 Å². The predicted molar refractivity (Wildman–Crippen MR) is 184 cm³/mol. The third-order valence-corrected chi connectivity index (χ3v) is 11.4. The molecule has 7 rings (SSSR count). The summed E-state index contributed by atoms with van der Waals surface area (Å²) < 4.78 is 1.27. The molecule has 0 radical (unpaired) electrons. The molecule has 218 valence electrons. The molecule has 3 aromatic carbocycles. The van der Waals surface area contributed by atoms with Crippen LogP contribution in [0.15, 0.2) is 48.6 Å². The molecule has 4 aromatic rings. The van der Waals surface area contributed by atoms with E-state index in [9.17, 15) is 0 Å². The monoisotopic (exact) mass is 574 g/mol. The van der Waals surface area contributed by atoms with E-state index in [1.165, 1.54) is 82.1 Å². The quantitative estimate of drug-likeness (QED) is 0.241. The number of nitrogens with zero attached hydrogens (tertiary/aromatic N) is 2. The highest BCUT2D eigenvalue weighted by Gasteiger charge is 2.41. The highest BCUT2D eigenvalue weighted by molar-refractivity contribution is 7.19. The van der Waals surface area contributed by atoms with Gasteiger partial charge in [-0.05, 0) is 105 Å². The molecule has 0 saturated carbocycles. The maximum absolute atomic E-state index is 5.43. The molecule has 0 fully saturated rings. The van der Waals surface area contributed by atoms with Gasteiger partial charge in [-0.3, -0.25) is 0 Å². The van der Waals surface area contributed by atoms with Crippen LogP contribution in [0.25, 0.3) is 32.1 Å². The first-order chi connectivity index (χ1) is 20.0. The van der Waals surface area contributed by atoms with E-state index in [-0.39, 0.29) is 10.8 Å². The first kappa shape index (κ1) is 27.9. The molecule has 1 atom stereocenters. The van der Waals surface area contributed by atoms with Gasteiger partial charge in [-0.15, -0.1) is 11.3 Å². The topological polar surface area (TPSA) is 16.1 Å². The Balaban J connectivity index is 1.46. The predicted octanol–water partition coefficient (Wildman–Crippen LogP) is 11.0. The number of thiazole rings is 1. The van der Waals surface area contributed by atoms with Crippen molar-refractivity contribution >= 4 is 49.2 Å². The summed E-state index contributed by atoms with van der Waals surface area (Å²) in [4.78, 5) is 8.13. The summed E-state index contributed by atoms with van der Waals surface area (Å²) in [7, 11) is 0. The van der Waals surface area contributed by atoms with Crippen molar-refractivity contribution in [3.8, 4) is 0 Å². The highest BCUT2D eigenvalue weighted by Crippen LogP contribution is 2.54. The number of rotatable bonds is 4. The van der Waals surface area contributed by atoms with Crippen molar-refractivity contribution in [2.75, 3.05) is 18.0 Å². The van der Waals surface area contributed by atoms with Gasteiger partial charge >= 0.3 is 0 Å². The molecule has 2 nitrogen and oxygen atoms in total. The van der Waals surface area contributed by atoms with Gasteiger partial charge in [0.15, 0.2) is 0 Å². The van der Waals surface area contributed by atoms with Crippen LogP contribution in [-0.4, -0.2) is 18.1 Å². The Bertz CT molecular complexity index is 1790. The number of anilines is 1. The van der Waals surface area contributed by atoms with E-state index in [2.05, 4.69) is 89.8 Å². The van der Waals surface area contributed by atoms with E-state index in [0.29, 0.717) is 5.92 Å². The summed E-state index contributed by atoms with van der Waals surface area (Å²) in [6.45, 7) is 23.7. The second kappa shape index (κ2) is 9.81. The van der Waals surface area contributed by atoms with Crippen molar-refractivity contribution in [3.05, 3.63) is 81.4 Å². The smallest absolute Gasteiger partial charge is 0.125 e. The van der Waals surface area contributed by atoms with Crippen molar-refractivity contribution in [1.82, 2.24) is 4.98 Å². The van der Waals surface area contributed by atoms with Gasteiger partial charge in [0.2, 0.25) is 0 Å². The number of fused-ring (bicyclic) bond motifs is 5. The van der Waals surface area contributed by atoms with E-state index in [1.54, 1.807) is 22.4 Å². The standard InChI is InChI=1S/C39H46N2S/c1-9-10-11-28-30-22-29-23(2)16-18-41-19-17-39(7,8)34(36(29)41)31(30)20-24(3)33(28)37-40-35-27-14-13-26(38(4,5)6)21-25(27)12-15-32(35)42-37/h12-15,21-23H,3,9-11,16-20H2,1-2,4-8H3. The third-order valence-electron chi connectivity index (χ3n) is 10.4. The second-order valence-electron chi connectivity index (χ2n) is 14.9. The molecule has 0 saturated heterocycles. The van der Waals surface area contributed by atoms with Gasteiger partial charge < -0.3 is 4.90 Å². The summed E-state index contributed by atoms with van der Waals surface area (Å²) in [6, 6.07) is 14.1. The molecule has 3 aliphatic rings. The summed E-state index contributed by atoms with van der Waals surface area (Å²) in [5.41, 5.74) is 14.7. The molecule has 1 aliphatic carbocycles. The minimum absolute atomic E-state index is 0.129. The van der Waals surface area contributed by atoms with Gasteiger partial charge in [0.05, 0.1) is 10.2 Å². The molecule has 1 aromatic heterocycles. The lowest BCUT2D eigenvalue weighted by Gasteiger charge is -2.47. The van der Waals surface area contributed by atoms with Gasteiger partial charge in [0.25, 0.3) is 0 Å². The Kier molecular flexibility index (Phi) is 6.51. The molecule has 3 heteroatoms. The number of hydrogen-bond donors (Lipinski definition) is 0. The zero-order chi connectivity index (χ0) is 29.6. The van der Waals surface area contributed by atoms with E-state index in [0.717, 1.165) is 23.4 Å². The molecular weight excluding hydrogens is 529 g/mol. The summed E-state index contributed by atoms with van der Waals surface area (Å²) >= 11 is 1.86. The molecule has 2 aliphatic heterocycles. The highest BCUT2D eigenvalue weighted by atomic mass is 32.1. The number of aromatic nitrogens is 1. The van der Waals surface area contributed by atoms with Crippen molar-refractivity contribution < 1.29 is 0 Å². The van der Waals surface area contributed by atoms with Crippen LogP contribution in [0.2, 0.25) is 0 Å². The Hall–Kier alpha value is -2.91. The van der Waals surface area contributed by atoms with Crippen molar-refractivity contribution in [2.24, 2.45) is 0 Å². The molecule has 0 bridgehead atoms. The number of benzene rings is 3. The molecule has 0 amide bonds. The molecule has 0 N–H and O–H groups in total. The maximum Gasteiger partial charge on any atom is 0.125 e. The third kappa shape index (κ3) is 4.29. The number of allylic oxidation sites excluding steroid dienone is 3. The Morgan fingerprint density at radius 2 is 1.90 bits per heavy atom. The van der Waals surface area contributed by atoms with Gasteiger partial charge in [0.1, 0.15) is 5.01 Å². The Morgan fingerprint density at radius 3 is 2.67 bits per heavy atom. The zero-order valence-corrected chi connectivity index (χ0v) is 27.5. The van der Waals surface area contributed by atoms with Crippen LogP contribution >= 0.6 is 11.3 Å². The Labute approximate surface area is 256 Å². The van der Waals surface area contributed by atoms with Crippen molar-refractivity contribution in [2.45, 2.75) is 104 Å². The summed E-state index contributed by atoms with van der Waals surface area (Å²) in [6.07, 6.45) is 6.86. The average Bonchev–Trinajstić information content (AvgIpc) is 3.37. The van der Waals surface area contributed by atoms with E-state index in [1.807, 2.05) is 11.3 Å². The molecule has 0 spiro atoms. The van der Waals surface area contributed by atoms with Gasteiger partial charge in [-0.2, -0.15) is 0 Å². The fraction of sp³-hybridized carbons (Fsp3) is 0.462. The average molecular weight is 575 g/mol. The SMILES string of the molecule is C=C1Cc2c(cc3c4c2C(C)(C)CCN4CCC3C)C(CCCC)=C1c1nc2c(ccc3cc(C(C)(C)C)ccc32)s1. The van der Waals surface area contributed by atoms with Gasteiger partial charge in [-0.25, -0.2) is 4.98 Å². The fourth-order valence-corrected chi connectivity index (χ4v) is 8.95. The molecule has 42 heavy (non-hydrogen) atoms. The molecule has 3 heterocycles. The maximum atomic E-state index is 5.43. The zero-order valence-electron chi connectivity index (χ0n) is 26.7. The summed E-state index contributed by atoms with van der Waals surface area (Å²) in [5.74, 6) is 0.599. The van der Waals surface area contributed by atoms with Crippen molar-refractivity contribution in [3.63, 3.8) is 0 Å². The molecule has 1 unspecified atom stereocenters. The van der Waals surface area contributed by atoms with Crippen LogP contribution in [0.4, 0.5) is 5.69 Å². The minimum atomic E-state index is 0.129.